The van der Waals surface area contributed by atoms with Gasteiger partial charge >= 0.3 is 0 Å². The van der Waals surface area contributed by atoms with Crippen LogP contribution in [0.4, 0.5) is 11.4 Å². The molecule has 0 saturated heterocycles. The van der Waals surface area contributed by atoms with E-state index in [0.717, 1.165) is 28.4 Å². The van der Waals surface area contributed by atoms with Gasteiger partial charge in [-0.05, 0) is 71.9 Å². The number of carbonyl (C=O) groups is 1. The van der Waals surface area contributed by atoms with Gasteiger partial charge < -0.3 is 14.5 Å². The number of hydrogen-bond acceptors (Lipinski definition) is 5. The molecule has 0 spiro atoms. The predicted molar refractivity (Wildman–Crippen MR) is 130 cm³/mol. The minimum atomic E-state index is -0.215. The molecule has 0 unspecified atom stereocenters. The van der Waals surface area contributed by atoms with Gasteiger partial charge in [0.1, 0.15) is 11.5 Å². The zero-order valence-corrected chi connectivity index (χ0v) is 18.5. The van der Waals surface area contributed by atoms with E-state index in [4.69, 9.17) is 4.74 Å². The van der Waals surface area contributed by atoms with Crippen LogP contribution in [0.5, 0.6) is 11.5 Å². The minimum Gasteiger partial charge on any atom is -0.457 e. The zero-order chi connectivity index (χ0) is 21.8. The highest BCUT2D eigenvalue weighted by atomic mass is 32.2. The van der Waals surface area contributed by atoms with Crippen LogP contribution < -0.4 is 14.5 Å². The molecule has 0 saturated carbocycles. The Balaban J connectivity index is 1.44. The fourth-order valence-electron chi connectivity index (χ4n) is 3.03. The van der Waals surface area contributed by atoms with Crippen LogP contribution in [0.1, 0.15) is 5.56 Å². The Kier molecular flexibility index (Phi) is 6.09. The average molecular weight is 430 g/mol. The van der Waals surface area contributed by atoms with Crippen LogP contribution in [-0.4, -0.2) is 32.2 Å². The number of para-hydroxylation sites is 1. The molecule has 4 rings (SSSR count). The normalized spacial score (nSPS) is 14.5. The molecule has 3 aromatic carbocycles. The Morgan fingerprint density at radius 3 is 2.06 bits per heavy atom. The average Bonchev–Trinajstić information content (AvgIpc) is 3.15. The van der Waals surface area contributed by atoms with Gasteiger partial charge in [-0.15, -0.1) is 0 Å². The van der Waals surface area contributed by atoms with Crippen LogP contribution in [0.25, 0.3) is 6.08 Å². The van der Waals surface area contributed by atoms with Crippen molar-refractivity contribution in [2.24, 2.45) is 4.99 Å². The van der Waals surface area contributed by atoms with Gasteiger partial charge in [-0.1, -0.05) is 30.3 Å². The van der Waals surface area contributed by atoms with Gasteiger partial charge in [0, 0.05) is 32.5 Å². The van der Waals surface area contributed by atoms with Gasteiger partial charge in [0.15, 0.2) is 5.17 Å². The van der Waals surface area contributed by atoms with Gasteiger partial charge in [-0.2, -0.15) is 4.99 Å². The first-order valence-corrected chi connectivity index (χ1v) is 10.7. The molecular formula is C25H23N3O2S. The molecule has 1 aliphatic heterocycles. The highest BCUT2D eigenvalue weighted by Crippen LogP contribution is 2.33. The lowest BCUT2D eigenvalue weighted by atomic mass is 10.2. The zero-order valence-electron chi connectivity index (χ0n) is 17.6. The van der Waals surface area contributed by atoms with Crippen LogP contribution in [-0.2, 0) is 4.79 Å². The number of benzene rings is 3. The summed E-state index contributed by atoms with van der Waals surface area (Å²) < 4.78 is 5.84. The van der Waals surface area contributed by atoms with Gasteiger partial charge in [-0.3, -0.25) is 4.79 Å². The SMILES string of the molecule is CN(C)c1ccc(/C=C2/SC(N(C)c3ccc(Oc4ccccc4)cc3)=NC2=O)cc1. The number of amides is 1. The van der Waals surface area contributed by atoms with Gasteiger partial charge in [-0.25, -0.2) is 0 Å². The third kappa shape index (κ3) is 4.98. The lowest BCUT2D eigenvalue weighted by molar-refractivity contribution is -0.113. The highest BCUT2D eigenvalue weighted by molar-refractivity contribution is 8.18. The van der Waals surface area contributed by atoms with E-state index in [1.165, 1.54) is 11.8 Å². The first-order valence-electron chi connectivity index (χ1n) is 9.86. The molecule has 5 nitrogen and oxygen atoms in total. The van der Waals surface area contributed by atoms with Gasteiger partial charge in [0.05, 0.1) is 4.91 Å². The molecule has 0 N–H and O–H groups in total. The molecule has 1 aliphatic rings. The van der Waals surface area contributed by atoms with Crippen molar-refractivity contribution in [2.75, 3.05) is 30.9 Å². The van der Waals surface area contributed by atoms with Crippen molar-refractivity contribution in [3.05, 3.63) is 89.3 Å². The smallest absolute Gasteiger partial charge is 0.286 e. The molecule has 31 heavy (non-hydrogen) atoms. The Bertz CT molecular complexity index is 1120. The van der Waals surface area contributed by atoms with Crippen molar-refractivity contribution >= 4 is 40.3 Å². The Hall–Kier alpha value is -3.51. The van der Waals surface area contributed by atoms with Crippen LogP contribution in [0, 0.1) is 0 Å². The van der Waals surface area contributed by atoms with Crippen molar-refractivity contribution in [3.63, 3.8) is 0 Å². The molecule has 0 radical (unpaired) electrons. The van der Waals surface area contributed by atoms with Crippen molar-refractivity contribution in [2.45, 2.75) is 0 Å². The summed E-state index contributed by atoms with van der Waals surface area (Å²) in [5.74, 6) is 1.33. The third-order valence-electron chi connectivity index (χ3n) is 4.81. The summed E-state index contributed by atoms with van der Waals surface area (Å²) in [7, 11) is 5.90. The second-order valence-electron chi connectivity index (χ2n) is 7.26. The van der Waals surface area contributed by atoms with E-state index >= 15 is 0 Å². The molecule has 1 amide bonds. The van der Waals surface area contributed by atoms with E-state index in [1.54, 1.807) is 0 Å². The molecule has 156 valence electrons. The van der Waals surface area contributed by atoms with Crippen molar-refractivity contribution in [1.29, 1.82) is 0 Å². The maximum absolute atomic E-state index is 12.4. The summed E-state index contributed by atoms with van der Waals surface area (Å²) >= 11 is 1.38. The van der Waals surface area contributed by atoms with Crippen LogP contribution in [0.15, 0.2) is 88.8 Å². The fraction of sp³-hybridized carbons (Fsp3) is 0.120. The van der Waals surface area contributed by atoms with Gasteiger partial charge in [0.2, 0.25) is 0 Å². The Morgan fingerprint density at radius 2 is 1.42 bits per heavy atom. The maximum Gasteiger partial charge on any atom is 0.286 e. The number of hydrogen-bond donors (Lipinski definition) is 0. The van der Waals surface area contributed by atoms with E-state index < -0.39 is 0 Å². The number of rotatable bonds is 5. The minimum absolute atomic E-state index is 0.215. The molecular weight excluding hydrogens is 406 g/mol. The quantitative estimate of drug-likeness (QED) is 0.490. The number of nitrogens with zero attached hydrogens (tertiary/aromatic N) is 3. The van der Waals surface area contributed by atoms with Crippen molar-refractivity contribution in [1.82, 2.24) is 0 Å². The number of aliphatic imine (C=N–C) groups is 1. The maximum atomic E-state index is 12.4. The third-order valence-corrected chi connectivity index (χ3v) is 5.87. The number of thioether (sulfide) groups is 1. The monoisotopic (exact) mass is 429 g/mol. The first kappa shape index (κ1) is 20.8. The molecule has 0 bridgehead atoms. The lowest BCUT2D eigenvalue weighted by Gasteiger charge is -2.18. The molecule has 1 heterocycles. The fourth-order valence-corrected chi connectivity index (χ4v) is 3.93. The van der Waals surface area contributed by atoms with Gasteiger partial charge in [0.25, 0.3) is 5.91 Å². The summed E-state index contributed by atoms with van der Waals surface area (Å²) in [5.41, 5.74) is 3.02. The summed E-state index contributed by atoms with van der Waals surface area (Å²) in [5, 5.41) is 0.651. The summed E-state index contributed by atoms with van der Waals surface area (Å²) in [4.78, 5) is 21.2. The number of anilines is 2. The highest BCUT2D eigenvalue weighted by Gasteiger charge is 2.25. The van der Waals surface area contributed by atoms with E-state index in [1.807, 2.05) is 116 Å². The molecule has 0 atom stereocenters. The predicted octanol–water partition coefficient (Wildman–Crippen LogP) is 5.65. The number of ether oxygens (including phenoxy) is 1. The summed E-state index contributed by atoms with van der Waals surface area (Å²) in [6.07, 6.45) is 1.88. The topological polar surface area (TPSA) is 45.1 Å². The molecule has 6 heteroatoms. The van der Waals surface area contributed by atoms with E-state index in [2.05, 4.69) is 4.99 Å². The van der Waals surface area contributed by atoms with Crippen LogP contribution in [0.2, 0.25) is 0 Å². The van der Waals surface area contributed by atoms with Crippen LogP contribution in [0.3, 0.4) is 0 Å². The van der Waals surface area contributed by atoms with Crippen LogP contribution >= 0.6 is 11.8 Å². The Morgan fingerprint density at radius 1 is 0.806 bits per heavy atom. The Labute approximate surface area is 186 Å². The largest absolute Gasteiger partial charge is 0.457 e. The summed E-state index contributed by atoms with van der Waals surface area (Å²) in [6, 6.07) is 25.4. The van der Waals surface area contributed by atoms with E-state index in [-0.39, 0.29) is 5.91 Å². The standard InChI is InChI=1S/C25H23N3O2S/c1-27(2)19-11-9-18(10-12-19)17-23-24(29)26-25(31-23)28(3)20-13-15-22(16-14-20)30-21-7-5-4-6-8-21/h4-17H,1-3H3/b23-17+. The second-order valence-corrected chi connectivity index (χ2v) is 8.27. The van der Waals surface area contributed by atoms with E-state index in [9.17, 15) is 4.79 Å². The second kappa shape index (κ2) is 9.10. The molecule has 3 aromatic rings. The molecule has 0 aromatic heterocycles. The summed E-state index contributed by atoms with van der Waals surface area (Å²) in [6.45, 7) is 0. The molecule has 0 fully saturated rings. The first-order chi connectivity index (χ1) is 15.0. The number of carbonyl (C=O) groups excluding carboxylic acids is 1. The lowest BCUT2D eigenvalue weighted by Crippen LogP contribution is -2.21. The van der Waals surface area contributed by atoms with Crippen molar-refractivity contribution in [3.8, 4) is 11.5 Å². The molecule has 0 aliphatic carbocycles. The number of amidine groups is 1. The van der Waals surface area contributed by atoms with Crippen molar-refractivity contribution < 1.29 is 9.53 Å². The van der Waals surface area contributed by atoms with E-state index in [0.29, 0.717) is 10.1 Å².